The van der Waals surface area contributed by atoms with Crippen molar-refractivity contribution in [3.8, 4) is 0 Å². The summed E-state index contributed by atoms with van der Waals surface area (Å²) in [5, 5.41) is 6.98. The largest absolute Gasteiger partial charge is 0.356 e. The Kier molecular flexibility index (Phi) is 8.95. The molecule has 3 heterocycles. The van der Waals surface area contributed by atoms with E-state index in [1.54, 1.807) is 0 Å². The lowest BCUT2D eigenvalue weighted by atomic mass is 10.1. The molecule has 152 valence electrons. The molecule has 28 heavy (non-hydrogen) atoms. The summed E-state index contributed by atoms with van der Waals surface area (Å²) < 4.78 is 0. The Morgan fingerprint density at radius 2 is 1.93 bits per heavy atom. The van der Waals surface area contributed by atoms with E-state index in [1.807, 2.05) is 33.2 Å². The number of aromatic nitrogens is 2. The normalized spacial score (nSPS) is 15.1. The first-order valence-corrected chi connectivity index (χ1v) is 9.71. The van der Waals surface area contributed by atoms with Crippen molar-refractivity contribution in [1.82, 2.24) is 20.6 Å². The summed E-state index contributed by atoms with van der Waals surface area (Å²) in [5.74, 6) is 1.96. The smallest absolute Gasteiger partial charge is 0.191 e. The molecule has 7 heteroatoms. The molecule has 0 saturated carbocycles. The maximum absolute atomic E-state index is 4.64. The zero-order valence-electron chi connectivity index (χ0n) is 17.0. The number of anilines is 1. The SMILES string of the molecule is CN=C(NCCc1ccc(C)nc1)NC1CCN(c2cccc(C)n2)CC1.I. The summed E-state index contributed by atoms with van der Waals surface area (Å²) in [7, 11) is 1.83. The molecule has 0 atom stereocenters. The van der Waals surface area contributed by atoms with Crippen LogP contribution >= 0.6 is 24.0 Å². The second kappa shape index (κ2) is 11.2. The number of halogens is 1. The highest BCUT2D eigenvalue weighted by molar-refractivity contribution is 14.0. The van der Waals surface area contributed by atoms with Crippen LogP contribution in [-0.2, 0) is 6.42 Å². The van der Waals surface area contributed by atoms with Gasteiger partial charge in [-0.05, 0) is 56.9 Å². The van der Waals surface area contributed by atoms with Crippen LogP contribution < -0.4 is 15.5 Å². The number of nitrogens with one attached hydrogen (secondary N) is 2. The number of aryl methyl sites for hydroxylation is 2. The molecule has 3 rings (SSSR count). The number of piperidine rings is 1. The highest BCUT2D eigenvalue weighted by Gasteiger charge is 2.20. The lowest BCUT2D eigenvalue weighted by molar-refractivity contribution is 0.459. The molecule has 1 fully saturated rings. The zero-order valence-corrected chi connectivity index (χ0v) is 19.3. The Morgan fingerprint density at radius 3 is 2.57 bits per heavy atom. The number of pyridine rings is 2. The Hall–Kier alpha value is -1.90. The van der Waals surface area contributed by atoms with Crippen molar-refractivity contribution in [1.29, 1.82) is 0 Å². The van der Waals surface area contributed by atoms with E-state index in [0.717, 1.165) is 62.1 Å². The lowest BCUT2D eigenvalue weighted by Gasteiger charge is -2.34. The van der Waals surface area contributed by atoms with Crippen LogP contribution in [0.1, 0.15) is 29.8 Å². The minimum Gasteiger partial charge on any atom is -0.356 e. The van der Waals surface area contributed by atoms with Crippen molar-refractivity contribution in [3.05, 3.63) is 53.5 Å². The van der Waals surface area contributed by atoms with E-state index in [1.165, 1.54) is 5.56 Å². The number of nitrogens with zero attached hydrogens (tertiary/aromatic N) is 4. The summed E-state index contributed by atoms with van der Waals surface area (Å²) in [5.41, 5.74) is 3.36. The number of aliphatic imine (C=N–C) groups is 1. The first-order chi connectivity index (χ1) is 13.1. The molecule has 0 bridgehead atoms. The summed E-state index contributed by atoms with van der Waals surface area (Å²) in [4.78, 5) is 15.7. The predicted octanol–water partition coefficient (Wildman–Crippen LogP) is 3.09. The monoisotopic (exact) mass is 494 g/mol. The molecule has 1 saturated heterocycles. The fraction of sp³-hybridized carbons (Fsp3) is 0.476. The molecule has 1 aliphatic heterocycles. The average Bonchev–Trinajstić information content (AvgIpc) is 2.69. The van der Waals surface area contributed by atoms with Gasteiger partial charge in [0.2, 0.25) is 0 Å². The van der Waals surface area contributed by atoms with Gasteiger partial charge < -0.3 is 15.5 Å². The molecular weight excluding hydrogens is 463 g/mol. The third kappa shape index (κ3) is 6.61. The topological polar surface area (TPSA) is 65.4 Å². The number of hydrogen-bond acceptors (Lipinski definition) is 4. The molecule has 0 aliphatic carbocycles. The predicted molar refractivity (Wildman–Crippen MR) is 127 cm³/mol. The Morgan fingerprint density at radius 1 is 1.14 bits per heavy atom. The van der Waals surface area contributed by atoms with Crippen molar-refractivity contribution in [2.45, 2.75) is 39.2 Å². The molecule has 0 unspecified atom stereocenters. The number of hydrogen-bond donors (Lipinski definition) is 2. The van der Waals surface area contributed by atoms with Crippen molar-refractivity contribution >= 4 is 35.8 Å². The van der Waals surface area contributed by atoms with Crippen molar-refractivity contribution in [2.75, 3.05) is 31.6 Å². The first kappa shape index (κ1) is 22.4. The number of rotatable bonds is 5. The third-order valence-electron chi connectivity index (χ3n) is 4.94. The molecule has 1 aliphatic rings. The van der Waals surface area contributed by atoms with Crippen molar-refractivity contribution < 1.29 is 0 Å². The summed E-state index contributed by atoms with van der Waals surface area (Å²) in [6.07, 6.45) is 5.05. The van der Waals surface area contributed by atoms with Crippen LogP contribution in [0.2, 0.25) is 0 Å². The molecular formula is C21H31IN6. The molecule has 0 spiro atoms. The average molecular weight is 494 g/mol. The fourth-order valence-electron chi connectivity index (χ4n) is 3.32. The van der Waals surface area contributed by atoms with Gasteiger partial charge in [0.05, 0.1) is 0 Å². The van der Waals surface area contributed by atoms with Crippen molar-refractivity contribution in [3.63, 3.8) is 0 Å². The van der Waals surface area contributed by atoms with Gasteiger partial charge in [0.1, 0.15) is 5.82 Å². The molecule has 2 N–H and O–H groups in total. The van der Waals surface area contributed by atoms with Crippen LogP contribution in [-0.4, -0.2) is 48.7 Å². The molecule has 6 nitrogen and oxygen atoms in total. The van der Waals surface area contributed by atoms with Gasteiger partial charge in [0.15, 0.2) is 5.96 Å². The summed E-state index contributed by atoms with van der Waals surface area (Å²) in [6.45, 7) is 6.92. The molecule has 0 radical (unpaired) electrons. The molecule has 2 aromatic heterocycles. The Labute approximate surface area is 185 Å². The van der Waals surface area contributed by atoms with Gasteiger partial charge in [0.25, 0.3) is 0 Å². The van der Waals surface area contributed by atoms with Crippen LogP contribution in [0.25, 0.3) is 0 Å². The van der Waals surface area contributed by atoms with Crippen LogP contribution in [0.4, 0.5) is 5.82 Å². The van der Waals surface area contributed by atoms with Gasteiger partial charge in [-0.1, -0.05) is 12.1 Å². The van der Waals surface area contributed by atoms with E-state index in [4.69, 9.17) is 0 Å². The van der Waals surface area contributed by atoms with E-state index in [-0.39, 0.29) is 24.0 Å². The van der Waals surface area contributed by atoms with E-state index in [2.05, 4.69) is 54.8 Å². The Balaban J connectivity index is 0.00000280. The minimum atomic E-state index is 0. The molecule has 0 amide bonds. The lowest BCUT2D eigenvalue weighted by Crippen LogP contribution is -2.49. The van der Waals surface area contributed by atoms with Gasteiger partial charge in [-0.25, -0.2) is 4.98 Å². The fourth-order valence-corrected chi connectivity index (χ4v) is 3.32. The maximum atomic E-state index is 4.64. The third-order valence-corrected chi connectivity index (χ3v) is 4.94. The van der Waals surface area contributed by atoms with Gasteiger partial charge in [0, 0.05) is 50.3 Å². The van der Waals surface area contributed by atoms with E-state index >= 15 is 0 Å². The molecule has 0 aromatic carbocycles. The van der Waals surface area contributed by atoms with Crippen LogP contribution in [0, 0.1) is 13.8 Å². The Bertz CT molecular complexity index is 754. The van der Waals surface area contributed by atoms with Crippen LogP contribution in [0.5, 0.6) is 0 Å². The van der Waals surface area contributed by atoms with E-state index < -0.39 is 0 Å². The maximum Gasteiger partial charge on any atom is 0.191 e. The van der Waals surface area contributed by atoms with Crippen LogP contribution in [0.15, 0.2) is 41.5 Å². The highest BCUT2D eigenvalue weighted by atomic mass is 127. The standard InChI is InChI=1S/C21H30N6.HI/c1-16-7-8-18(15-24-16)9-12-23-21(22-3)26-19-10-13-27(14-11-19)20-6-4-5-17(2)25-20;/h4-8,15,19H,9-14H2,1-3H3,(H2,22,23,26);1H. The molecule has 2 aromatic rings. The second-order valence-corrected chi connectivity index (χ2v) is 7.10. The van der Waals surface area contributed by atoms with Gasteiger partial charge >= 0.3 is 0 Å². The van der Waals surface area contributed by atoms with E-state index in [0.29, 0.717) is 6.04 Å². The minimum absolute atomic E-state index is 0. The first-order valence-electron chi connectivity index (χ1n) is 9.71. The van der Waals surface area contributed by atoms with Crippen LogP contribution in [0.3, 0.4) is 0 Å². The van der Waals surface area contributed by atoms with Crippen molar-refractivity contribution in [2.24, 2.45) is 4.99 Å². The number of guanidine groups is 1. The summed E-state index contributed by atoms with van der Waals surface area (Å²) >= 11 is 0. The zero-order chi connectivity index (χ0) is 19.1. The second-order valence-electron chi connectivity index (χ2n) is 7.10. The van der Waals surface area contributed by atoms with Gasteiger partial charge in [-0.15, -0.1) is 24.0 Å². The highest BCUT2D eigenvalue weighted by Crippen LogP contribution is 2.18. The van der Waals surface area contributed by atoms with Gasteiger partial charge in [-0.2, -0.15) is 0 Å². The van der Waals surface area contributed by atoms with Gasteiger partial charge in [-0.3, -0.25) is 9.98 Å². The van der Waals surface area contributed by atoms with E-state index in [9.17, 15) is 0 Å². The summed E-state index contributed by atoms with van der Waals surface area (Å²) in [6, 6.07) is 10.9. The quantitative estimate of drug-likeness (QED) is 0.380.